The molecule has 2 aromatic carbocycles. The Kier molecular flexibility index (Phi) is 4.63. The van der Waals surface area contributed by atoms with Crippen LogP contribution in [0.3, 0.4) is 0 Å². The number of hydrogen-bond donors (Lipinski definition) is 1. The summed E-state index contributed by atoms with van der Waals surface area (Å²) < 4.78 is 26.8. The number of hydrogen-bond acceptors (Lipinski definition) is 1. The summed E-state index contributed by atoms with van der Waals surface area (Å²) in [5.41, 5.74) is 0.638. The first kappa shape index (κ1) is 14.4. The minimum atomic E-state index is -0.709. The Morgan fingerprint density at radius 1 is 1.10 bits per heavy atom. The molecule has 0 radical (unpaired) electrons. The van der Waals surface area contributed by atoms with Gasteiger partial charge >= 0.3 is 0 Å². The van der Waals surface area contributed by atoms with Crippen molar-refractivity contribution in [2.45, 2.75) is 0 Å². The third kappa shape index (κ3) is 3.74. The van der Waals surface area contributed by atoms with Gasteiger partial charge in [0, 0.05) is 12.1 Å². The van der Waals surface area contributed by atoms with Gasteiger partial charge in [-0.2, -0.15) is 0 Å². The Labute approximate surface area is 123 Å². The molecule has 0 atom stereocenters. The van der Waals surface area contributed by atoms with Gasteiger partial charge in [0.25, 0.3) is 0 Å². The molecule has 102 valence electrons. The molecule has 0 fully saturated rings. The van der Waals surface area contributed by atoms with E-state index in [4.69, 9.17) is 0 Å². The SMILES string of the molecule is O=C(/C=C/c1ccccc1)Nc1cc(F)c(Br)cc1F. The summed E-state index contributed by atoms with van der Waals surface area (Å²) >= 11 is 2.87. The molecule has 20 heavy (non-hydrogen) atoms. The first-order valence-electron chi connectivity index (χ1n) is 5.75. The quantitative estimate of drug-likeness (QED) is 0.653. The van der Waals surface area contributed by atoms with Gasteiger partial charge in [-0.15, -0.1) is 0 Å². The summed E-state index contributed by atoms with van der Waals surface area (Å²) in [5, 5.41) is 2.29. The molecule has 0 saturated carbocycles. The van der Waals surface area contributed by atoms with E-state index in [9.17, 15) is 13.6 Å². The van der Waals surface area contributed by atoms with Crippen LogP contribution in [0, 0.1) is 11.6 Å². The molecule has 2 rings (SSSR count). The molecule has 2 nitrogen and oxygen atoms in total. The van der Waals surface area contributed by atoms with Crippen LogP contribution in [0.5, 0.6) is 0 Å². The van der Waals surface area contributed by atoms with Crippen molar-refractivity contribution < 1.29 is 13.6 Å². The minimum absolute atomic E-state index is 0.00725. The van der Waals surface area contributed by atoms with Crippen molar-refractivity contribution in [3.8, 4) is 0 Å². The highest BCUT2D eigenvalue weighted by Gasteiger charge is 2.09. The standard InChI is InChI=1S/C15H10BrF2NO/c16-11-8-13(18)14(9-12(11)17)19-15(20)7-6-10-4-2-1-3-5-10/h1-9H,(H,19,20)/b7-6+. The number of nitrogens with one attached hydrogen (secondary N) is 1. The van der Waals surface area contributed by atoms with Crippen LogP contribution in [0.2, 0.25) is 0 Å². The third-order valence-electron chi connectivity index (χ3n) is 2.49. The molecule has 0 aliphatic heterocycles. The van der Waals surface area contributed by atoms with Crippen molar-refractivity contribution in [1.82, 2.24) is 0 Å². The molecule has 0 heterocycles. The molecule has 0 saturated heterocycles. The zero-order chi connectivity index (χ0) is 14.5. The smallest absolute Gasteiger partial charge is 0.248 e. The van der Waals surface area contributed by atoms with Crippen LogP contribution in [0.25, 0.3) is 6.08 Å². The van der Waals surface area contributed by atoms with Gasteiger partial charge in [-0.1, -0.05) is 30.3 Å². The van der Waals surface area contributed by atoms with Gasteiger partial charge in [0.2, 0.25) is 5.91 Å². The van der Waals surface area contributed by atoms with E-state index in [1.165, 1.54) is 6.08 Å². The third-order valence-corrected chi connectivity index (χ3v) is 3.10. The summed E-state index contributed by atoms with van der Waals surface area (Å²) in [7, 11) is 0. The fraction of sp³-hybridized carbons (Fsp3) is 0. The van der Waals surface area contributed by atoms with Crippen LogP contribution in [-0.2, 0) is 4.79 Å². The van der Waals surface area contributed by atoms with E-state index in [0.717, 1.165) is 17.7 Å². The second-order valence-electron chi connectivity index (χ2n) is 3.98. The normalized spacial score (nSPS) is 10.8. The summed E-state index contributed by atoms with van der Waals surface area (Å²) in [6.07, 6.45) is 2.84. The second kappa shape index (κ2) is 6.43. The van der Waals surface area contributed by atoms with E-state index in [-0.39, 0.29) is 10.2 Å². The topological polar surface area (TPSA) is 29.1 Å². The molecule has 1 N–H and O–H groups in total. The molecule has 2 aromatic rings. The van der Waals surface area contributed by atoms with E-state index in [1.807, 2.05) is 30.3 Å². The molecule has 0 spiro atoms. The summed E-state index contributed by atoms with van der Waals surface area (Å²) in [4.78, 5) is 11.6. The average Bonchev–Trinajstić information content (AvgIpc) is 2.44. The Morgan fingerprint density at radius 2 is 1.80 bits per heavy atom. The number of rotatable bonds is 3. The fourth-order valence-corrected chi connectivity index (χ4v) is 1.84. The van der Waals surface area contributed by atoms with Crippen molar-refractivity contribution in [3.63, 3.8) is 0 Å². The Hall–Kier alpha value is -2.01. The number of carbonyl (C=O) groups excluding carboxylic acids is 1. The zero-order valence-electron chi connectivity index (χ0n) is 10.2. The van der Waals surface area contributed by atoms with Gasteiger partial charge in [0.15, 0.2) is 0 Å². The second-order valence-corrected chi connectivity index (χ2v) is 4.83. The maximum atomic E-state index is 13.5. The van der Waals surface area contributed by atoms with Crippen LogP contribution in [0.15, 0.2) is 53.0 Å². The number of carbonyl (C=O) groups is 1. The monoisotopic (exact) mass is 337 g/mol. The lowest BCUT2D eigenvalue weighted by molar-refractivity contribution is -0.111. The Bertz CT molecular complexity index is 656. The highest BCUT2D eigenvalue weighted by atomic mass is 79.9. The molecule has 5 heteroatoms. The largest absolute Gasteiger partial charge is 0.320 e. The van der Waals surface area contributed by atoms with E-state index < -0.39 is 17.5 Å². The maximum absolute atomic E-state index is 13.5. The fourth-order valence-electron chi connectivity index (χ4n) is 1.53. The molecule has 1 amide bonds. The van der Waals surface area contributed by atoms with Crippen LogP contribution in [0.4, 0.5) is 14.5 Å². The van der Waals surface area contributed by atoms with Crippen LogP contribution in [0.1, 0.15) is 5.56 Å². The van der Waals surface area contributed by atoms with Crippen molar-refractivity contribution >= 4 is 33.6 Å². The Morgan fingerprint density at radius 3 is 2.50 bits per heavy atom. The lowest BCUT2D eigenvalue weighted by Gasteiger charge is -2.05. The van der Waals surface area contributed by atoms with Crippen molar-refractivity contribution in [2.75, 3.05) is 5.32 Å². The number of benzene rings is 2. The van der Waals surface area contributed by atoms with Crippen molar-refractivity contribution in [1.29, 1.82) is 0 Å². The number of anilines is 1. The summed E-state index contributed by atoms with van der Waals surface area (Å²) in [5.74, 6) is -1.89. The summed E-state index contributed by atoms with van der Waals surface area (Å²) in [6.45, 7) is 0. The predicted octanol–water partition coefficient (Wildman–Crippen LogP) is 4.38. The van der Waals surface area contributed by atoms with Gasteiger partial charge < -0.3 is 5.32 Å². The minimum Gasteiger partial charge on any atom is -0.320 e. The number of amides is 1. The summed E-state index contributed by atoms with van der Waals surface area (Å²) in [6, 6.07) is 11.1. The first-order valence-corrected chi connectivity index (χ1v) is 6.54. The molecule has 0 unspecified atom stereocenters. The molecule has 0 aliphatic carbocycles. The highest BCUT2D eigenvalue weighted by Crippen LogP contribution is 2.23. The number of halogens is 3. The van der Waals surface area contributed by atoms with Gasteiger partial charge in [0.1, 0.15) is 11.6 Å². The van der Waals surface area contributed by atoms with Gasteiger partial charge in [-0.05, 0) is 33.6 Å². The zero-order valence-corrected chi connectivity index (χ0v) is 11.8. The van der Waals surface area contributed by atoms with E-state index in [2.05, 4.69) is 21.2 Å². The Balaban J connectivity index is 2.09. The van der Waals surface area contributed by atoms with Gasteiger partial charge in [-0.3, -0.25) is 4.79 Å². The molecule has 0 aromatic heterocycles. The van der Waals surface area contributed by atoms with E-state index >= 15 is 0 Å². The molecule has 0 bridgehead atoms. The van der Waals surface area contributed by atoms with Crippen LogP contribution in [-0.4, -0.2) is 5.91 Å². The van der Waals surface area contributed by atoms with Crippen LogP contribution < -0.4 is 5.32 Å². The predicted molar refractivity (Wildman–Crippen MR) is 78.2 cm³/mol. The van der Waals surface area contributed by atoms with E-state index in [1.54, 1.807) is 6.08 Å². The van der Waals surface area contributed by atoms with Crippen molar-refractivity contribution in [2.24, 2.45) is 0 Å². The average molecular weight is 338 g/mol. The maximum Gasteiger partial charge on any atom is 0.248 e. The lowest BCUT2D eigenvalue weighted by atomic mass is 10.2. The highest BCUT2D eigenvalue weighted by molar-refractivity contribution is 9.10. The lowest BCUT2D eigenvalue weighted by Crippen LogP contribution is -2.09. The first-order chi connectivity index (χ1) is 9.56. The van der Waals surface area contributed by atoms with Crippen molar-refractivity contribution in [3.05, 3.63) is 70.2 Å². The van der Waals surface area contributed by atoms with E-state index in [0.29, 0.717) is 0 Å². The van der Waals surface area contributed by atoms with Crippen LogP contribution >= 0.6 is 15.9 Å². The van der Waals surface area contributed by atoms with Gasteiger partial charge in [0.05, 0.1) is 10.2 Å². The molecule has 0 aliphatic rings. The molecular weight excluding hydrogens is 328 g/mol. The van der Waals surface area contributed by atoms with Gasteiger partial charge in [-0.25, -0.2) is 8.78 Å². The molecular formula is C15H10BrF2NO.